The second-order valence-electron chi connectivity index (χ2n) is 2.98. The Morgan fingerprint density at radius 1 is 1.42 bits per heavy atom. The lowest BCUT2D eigenvalue weighted by Crippen LogP contribution is -1.93. The Morgan fingerprint density at radius 2 is 2.00 bits per heavy atom. The average molecular weight is 158 g/mol. The van der Waals surface area contributed by atoms with E-state index in [2.05, 4.69) is 32.6 Å². The van der Waals surface area contributed by atoms with Crippen molar-refractivity contribution in [2.75, 3.05) is 0 Å². The number of hydrogen-bond acceptors (Lipinski definition) is 0. The first kappa shape index (κ1) is 8.79. The summed E-state index contributed by atoms with van der Waals surface area (Å²) >= 11 is 0. The molecule has 1 aliphatic rings. The SMILES string of the molecule is C=CC(=C1C=C[CH-]C=C1)[C-](C)C. The maximum atomic E-state index is 3.80. The van der Waals surface area contributed by atoms with E-state index in [1.54, 1.807) is 0 Å². The highest BCUT2D eigenvalue weighted by Crippen LogP contribution is 2.21. The molecule has 0 aliphatic heterocycles. The molecule has 0 aromatic rings. The molecule has 0 bridgehead atoms. The van der Waals surface area contributed by atoms with Crippen LogP contribution in [0.25, 0.3) is 0 Å². The minimum Gasteiger partial charge on any atom is -0.239 e. The zero-order chi connectivity index (χ0) is 8.97. The predicted molar refractivity (Wildman–Crippen MR) is 54.4 cm³/mol. The Kier molecular flexibility index (Phi) is 2.87. The van der Waals surface area contributed by atoms with E-state index in [0.29, 0.717) is 0 Å². The van der Waals surface area contributed by atoms with E-state index in [-0.39, 0.29) is 0 Å². The summed E-state index contributed by atoms with van der Waals surface area (Å²) in [7, 11) is 0. The van der Waals surface area contributed by atoms with Gasteiger partial charge in [0.25, 0.3) is 0 Å². The normalized spacial score (nSPS) is 14.0. The van der Waals surface area contributed by atoms with Crippen LogP contribution in [0.4, 0.5) is 0 Å². The highest BCUT2D eigenvalue weighted by Gasteiger charge is 1.88. The lowest BCUT2D eigenvalue weighted by atomic mass is 9.95. The standard InChI is InChI=1S/C12H14/c1-4-12(10(2)3)11-8-6-5-7-9-11/h4-9H,1H2,2-3H3/q-2. The Morgan fingerprint density at radius 3 is 2.42 bits per heavy atom. The van der Waals surface area contributed by atoms with Crippen molar-refractivity contribution in [2.24, 2.45) is 0 Å². The summed E-state index contributed by atoms with van der Waals surface area (Å²) in [5.74, 6) is 1.30. The summed E-state index contributed by atoms with van der Waals surface area (Å²) in [6.45, 7) is 8.00. The van der Waals surface area contributed by atoms with Crippen molar-refractivity contribution in [3.63, 3.8) is 0 Å². The zero-order valence-electron chi connectivity index (χ0n) is 7.67. The maximum Gasteiger partial charge on any atom is -0.0893 e. The third kappa shape index (κ3) is 1.85. The Balaban J connectivity index is 2.98. The molecular weight excluding hydrogens is 144 g/mol. The molecule has 0 unspecified atom stereocenters. The third-order valence-corrected chi connectivity index (χ3v) is 1.83. The molecule has 0 radical (unpaired) electrons. The van der Waals surface area contributed by atoms with Gasteiger partial charge in [-0.2, -0.15) is 37.1 Å². The number of rotatable bonds is 2. The van der Waals surface area contributed by atoms with Gasteiger partial charge in [-0.05, 0) is 0 Å². The predicted octanol–water partition coefficient (Wildman–Crippen LogP) is 3.41. The molecule has 1 aliphatic carbocycles. The van der Waals surface area contributed by atoms with Crippen LogP contribution < -0.4 is 0 Å². The van der Waals surface area contributed by atoms with Crippen LogP contribution in [0.1, 0.15) is 13.8 Å². The van der Waals surface area contributed by atoms with Crippen LogP contribution in [-0.4, -0.2) is 0 Å². The first-order chi connectivity index (χ1) is 5.75. The van der Waals surface area contributed by atoms with Gasteiger partial charge in [0, 0.05) is 0 Å². The van der Waals surface area contributed by atoms with E-state index < -0.39 is 0 Å². The molecule has 0 amide bonds. The quantitative estimate of drug-likeness (QED) is 0.540. The smallest absolute Gasteiger partial charge is 0.0893 e. The second-order valence-corrected chi connectivity index (χ2v) is 2.98. The van der Waals surface area contributed by atoms with Gasteiger partial charge in [0.15, 0.2) is 0 Å². The van der Waals surface area contributed by atoms with Crippen molar-refractivity contribution in [3.8, 4) is 0 Å². The van der Waals surface area contributed by atoms with Crippen LogP contribution >= 0.6 is 0 Å². The summed E-state index contributed by atoms with van der Waals surface area (Å²) in [5.41, 5.74) is 2.48. The van der Waals surface area contributed by atoms with Crippen molar-refractivity contribution in [1.29, 1.82) is 0 Å². The largest absolute Gasteiger partial charge is 0.239 e. The molecule has 0 N–H and O–H groups in total. The molecule has 0 fully saturated rings. The van der Waals surface area contributed by atoms with E-state index in [0.717, 1.165) is 0 Å². The van der Waals surface area contributed by atoms with E-state index in [1.807, 2.05) is 24.6 Å². The third-order valence-electron chi connectivity index (χ3n) is 1.83. The zero-order valence-corrected chi connectivity index (χ0v) is 7.67. The molecule has 1 rings (SSSR count). The van der Waals surface area contributed by atoms with Gasteiger partial charge in [-0.15, -0.1) is 0 Å². The second kappa shape index (κ2) is 3.91. The van der Waals surface area contributed by atoms with Crippen LogP contribution in [0.15, 0.2) is 48.1 Å². The van der Waals surface area contributed by atoms with Gasteiger partial charge >= 0.3 is 0 Å². The minimum absolute atomic E-state index is 1.23. The molecule has 0 saturated heterocycles. The Hall–Kier alpha value is -1.30. The molecule has 0 atom stereocenters. The highest BCUT2D eigenvalue weighted by atomic mass is 14.1. The first-order valence-electron chi connectivity index (χ1n) is 4.11. The molecule has 12 heavy (non-hydrogen) atoms. The number of hydrogen-bond donors (Lipinski definition) is 0. The molecule has 64 valence electrons. The fourth-order valence-corrected chi connectivity index (χ4v) is 1.23. The summed E-state index contributed by atoms with van der Waals surface area (Å²) in [6.07, 6.45) is 12.2. The van der Waals surface area contributed by atoms with Crippen LogP contribution in [-0.2, 0) is 0 Å². The van der Waals surface area contributed by atoms with Gasteiger partial charge in [-0.3, -0.25) is 0 Å². The summed E-state index contributed by atoms with van der Waals surface area (Å²) in [5, 5.41) is 0. The molecule has 0 nitrogen and oxygen atoms in total. The van der Waals surface area contributed by atoms with Crippen LogP contribution in [0, 0.1) is 12.3 Å². The Bertz CT molecular complexity index is 235. The molecular formula is C12H14-2. The van der Waals surface area contributed by atoms with Gasteiger partial charge in [-0.25, -0.2) is 23.3 Å². The van der Waals surface area contributed by atoms with Crippen molar-refractivity contribution in [1.82, 2.24) is 0 Å². The van der Waals surface area contributed by atoms with Crippen LogP contribution in [0.2, 0.25) is 0 Å². The first-order valence-corrected chi connectivity index (χ1v) is 4.11. The van der Waals surface area contributed by atoms with E-state index in [4.69, 9.17) is 0 Å². The van der Waals surface area contributed by atoms with E-state index in [9.17, 15) is 0 Å². The number of allylic oxidation sites excluding steroid dienone is 7. The van der Waals surface area contributed by atoms with Gasteiger partial charge in [0.05, 0.1) is 0 Å². The molecule has 0 aromatic carbocycles. The fraction of sp³-hybridized carbons (Fsp3) is 0.167. The molecule has 0 heteroatoms. The van der Waals surface area contributed by atoms with E-state index in [1.165, 1.54) is 17.1 Å². The lowest BCUT2D eigenvalue weighted by molar-refractivity contribution is 1.14. The lowest BCUT2D eigenvalue weighted by Gasteiger charge is -2.26. The monoisotopic (exact) mass is 158 g/mol. The average Bonchev–Trinajstić information content (AvgIpc) is 2.07. The highest BCUT2D eigenvalue weighted by molar-refractivity contribution is 5.50. The summed E-state index contributed by atoms with van der Waals surface area (Å²) in [4.78, 5) is 0. The fourth-order valence-electron chi connectivity index (χ4n) is 1.23. The summed E-state index contributed by atoms with van der Waals surface area (Å²) in [6, 6.07) is 0. The molecule has 0 aromatic heterocycles. The van der Waals surface area contributed by atoms with E-state index >= 15 is 0 Å². The van der Waals surface area contributed by atoms with Crippen molar-refractivity contribution in [2.45, 2.75) is 13.8 Å². The van der Waals surface area contributed by atoms with Gasteiger partial charge in [-0.1, -0.05) is 13.8 Å². The molecule has 0 spiro atoms. The van der Waals surface area contributed by atoms with Crippen LogP contribution in [0.3, 0.4) is 0 Å². The van der Waals surface area contributed by atoms with Gasteiger partial charge in [0.2, 0.25) is 0 Å². The minimum atomic E-state index is 1.23. The topological polar surface area (TPSA) is 0 Å². The van der Waals surface area contributed by atoms with Gasteiger partial charge < -0.3 is 0 Å². The van der Waals surface area contributed by atoms with Crippen molar-refractivity contribution >= 4 is 0 Å². The maximum absolute atomic E-state index is 3.80. The van der Waals surface area contributed by atoms with Crippen molar-refractivity contribution < 1.29 is 0 Å². The Labute approximate surface area is 75.0 Å². The van der Waals surface area contributed by atoms with Crippen molar-refractivity contribution in [3.05, 3.63) is 60.4 Å². The summed E-state index contributed by atoms with van der Waals surface area (Å²) < 4.78 is 0. The molecule has 0 saturated carbocycles. The molecule has 0 heterocycles. The van der Waals surface area contributed by atoms with Gasteiger partial charge in [0.1, 0.15) is 0 Å². The van der Waals surface area contributed by atoms with Crippen LogP contribution in [0.5, 0.6) is 0 Å².